The van der Waals surface area contributed by atoms with Crippen LogP contribution in [0.5, 0.6) is 0 Å². The average Bonchev–Trinajstić information content (AvgIpc) is 2.69. The number of hydrogen-bond acceptors (Lipinski definition) is 3. The number of carbonyl (C=O) groups excluding carboxylic acids is 2. The van der Waals surface area contributed by atoms with Gasteiger partial charge in [-0.1, -0.05) is 33.8 Å². The van der Waals surface area contributed by atoms with Crippen LogP contribution in [0.25, 0.3) is 0 Å². The number of ketones is 1. The second-order valence-corrected chi connectivity index (χ2v) is 6.86. The average molecular weight is 278 g/mol. The van der Waals surface area contributed by atoms with Crippen molar-refractivity contribution in [2.24, 2.45) is 22.7 Å². The Labute approximate surface area is 121 Å². The van der Waals surface area contributed by atoms with Crippen molar-refractivity contribution in [1.82, 2.24) is 0 Å². The molecule has 3 nitrogen and oxygen atoms in total. The molecule has 2 bridgehead atoms. The molecule has 0 N–H and O–H groups in total. The molecule has 2 saturated carbocycles. The first-order valence-electron chi connectivity index (χ1n) is 7.72. The van der Waals surface area contributed by atoms with Gasteiger partial charge >= 0.3 is 5.97 Å². The molecule has 0 aliphatic heterocycles. The molecule has 2 aliphatic rings. The zero-order chi connectivity index (χ0) is 15.1. The smallest absolute Gasteiger partial charge is 0.312 e. The van der Waals surface area contributed by atoms with Crippen LogP contribution in [0.4, 0.5) is 0 Å². The fraction of sp³-hybridized carbons (Fsp3) is 0.765. The van der Waals surface area contributed by atoms with Crippen LogP contribution in [-0.4, -0.2) is 18.4 Å². The van der Waals surface area contributed by atoms with E-state index in [0.717, 1.165) is 18.4 Å². The van der Waals surface area contributed by atoms with Crippen LogP contribution in [0.15, 0.2) is 11.6 Å². The summed E-state index contributed by atoms with van der Waals surface area (Å²) in [5.74, 6) is 0.0543. The third-order valence-electron chi connectivity index (χ3n) is 5.77. The molecule has 2 fully saturated rings. The fourth-order valence-corrected chi connectivity index (χ4v) is 3.94. The molecule has 0 aromatic rings. The number of rotatable bonds is 4. The molecule has 112 valence electrons. The van der Waals surface area contributed by atoms with Crippen LogP contribution in [0.2, 0.25) is 0 Å². The molecule has 0 saturated heterocycles. The summed E-state index contributed by atoms with van der Waals surface area (Å²) in [4.78, 5) is 24.7. The Morgan fingerprint density at radius 3 is 2.50 bits per heavy atom. The highest BCUT2D eigenvalue weighted by molar-refractivity contribution is 6.05. The van der Waals surface area contributed by atoms with Gasteiger partial charge in [-0.15, -0.1) is 0 Å². The molecule has 0 aromatic carbocycles. The lowest BCUT2D eigenvalue weighted by Crippen LogP contribution is -2.32. The summed E-state index contributed by atoms with van der Waals surface area (Å²) in [6, 6.07) is 0. The van der Waals surface area contributed by atoms with E-state index in [9.17, 15) is 9.59 Å². The maximum Gasteiger partial charge on any atom is 0.312 e. The number of Topliss-reactive ketones (excluding diaryl/α,β-unsaturated/α-hetero) is 1. The zero-order valence-corrected chi connectivity index (χ0v) is 13.3. The molecule has 0 heterocycles. The minimum absolute atomic E-state index is 0.00285. The molecule has 0 unspecified atom stereocenters. The van der Waals surface area contributed by atoms with Crippen LogP contribution < -0.4 is 0 Å². The quantitative estimate of drug-likeness (QED) is 0.583. The lowest BCUT2D eigenvalue weighted by Gasteiger charge is -2.31. The standard InChI is InChI=1S/C17H26O3/c1-6-11(15(19)20-7-2)10-12-13-8-9-17(5,14(12)18)16(13,3)4/h10-11,13H,6-9H2,1-5H3/b12-10+/t11-,13-,17+/m0/s1. The van der Waals surface area contributed by atoms with Gasteiger partial charge in [0.05, 0.1) is 12.5 Å². The molecule has 0 aromatic heterocycles. The van der Waals surface area contributed by atoms with E-state index in [-0.39, 0.29) is 28.5 Å². The first-order valence-corrected chi connectivity index (χ1v) is 7.72. The van der Waals surface area contributed by atoms with Crippen molar-refractivity contribution in [2.75, 3.05) is 6.61 Å². The summed E-state index contributed by atoms with van der Waals surface area (Å²) < 4.78 is 5.10. The van der Waals surface area contributed by atoms with Crippen molar-refractivity contribution >= 4 is 11.8 Å². The Morgan fingerprint density at radius 2 is 2.05 bits per heavy atom. The Morgan fingerprint density at radius 1 is 1.40 bits per heavy atom. The first kappa shape index (κ1) is 15.3. The summed E-state index contributed by atoms with van der Waals surface area (Å²) in [5.41, 5.74) is 0.628. The third kappa shape index (κ3) is 1.94. The predicted octanol–water partition coefficient (Wildman–Crippen LogP) is 3.53. The van der Waals surface area contributed by atoms with Crippen molar-refractivity contribution < 1.29 is 14.3 Å². The molecule has 0 amide bonds. The van der Waals surface area contributed by atoms with Gasteiger partial charge in [-0.3, -0.25) is 9.59 Å². The van der Waals surface area contributed by atoms with E-state index in [4.69, 9.17) is 4.74 Å². The molecule has 0 spiro atoms. The Bertz CT molecular complexity index is 461. The van der Waals surface area contributed by atoms with Crippen LogP contribution in [0, 0.1) is 22.7 Å². The Balaban J connectivity index is 2.32. The van der Waals surface area contributed by atoms with Crippen molar-refractivity contribution in [3.8, 4) is 0 Å². The van der Waals surface area contributed by atoms with E-state index in [1.54, 1.807) is 0 Å². The topological polar surface area (TPSA) is 43.4 Å². The van der Waals surface area contributed by atoms with Crippen molar-refractivity contribution in [1.29, 1.82) is 0 Å². The van der Waals surface area contributed by atoms with Gasteiger partial charge in [-0.2, -0.15) is 0 Å². The maximum absolute atomic E-state index is 12.7. The van der Waals surface area contributed by atoms with Gasteiger partial charge in [0.15, 0.2) is 5.78 Å². The van der Waals surface area contributed by atoms with Crippen LogP contribution in [-0.2, 0) is 14.3 Å². The van der Waals surface area contributed by atoms with Crippen molar-refractivity contribution in [2.45, 2.75) is 53.9 Å². The minimum Gasteiger partial charge on any atom is -0.466 e. The number of allylic oxidation sites excluding steroid dienone is 1. The highest BCUT2D eigenvalue weighted by Crippen LogP contribution is 2.65. The number of ether oxygens (including phenoxy) is 1. The molecular weight excluding hydrogens is 252 g/mol. The summed E-state index contributed by atoms with van der Waals surface area (Å²) in [5, 5.41) is 0. The van der Waals surface area contributed by atoms with Gasteiger partial charge in [0.2, 0.25) is 0 Å². The van der Waals surface area contributed by atoms with E-state index >= 15 is 0 Å². The number of carbonyl (C=O) groups is 2. The largest absolute Gasteiger partial charge is 0.466 e. The summed E-state index contributed by atoms with van der Waals surface area (Å²) >= 11 is 0. The number of fused-ring (bicyclic) bond motifs is 2. The number of esters is 1. The summed E-state index contributed by atoms with van der Waals surface area (Å²) in [7, 11) is 0. The molecule has 0 radical (unpaired) electrons. The van der Waals surface area contributed by atoms with Crippen LogP contribution >= 0.6 is 0 Å². The Kier molecular flexibility index (Phi) is 3.83. The SMILES string of the molecule is CCOC(=O)[C@H](/C=C1/C(=O)[C@@]2(C)CC[C@@H]1C2(C)C)CC. The lowest BCUT2D eigenvalue weighted by molar-refractivity contribution is -0.146. The van der Waals surface area contributed by atoms with Gasteiger partial charge in [-0.05, 0) is 43.1 Å². The Hall–Kier alpha value is -1.12. The van der Waals surface area contributed by atoms with E-state index in [1.165, 1.54) is 0 Å². The normalized spacial score (nSPS) is 34.5. The van der Waals surface area contributed by atoms with Crippen LogP contribution in [0.1, 0.15) is 53.9 Å². The van der Waals surface area contributed by atoms with Gasteiger partial charge in [0, 0.05) is 5.41 Å². The second kappa shape index (κ2) is 5.01. The van der Waals surface area contributed by atoms with Gasteiger partial charge in [-0.25, -0.2) is 0 Å². The van der Waals surface area contributed by atoms with E-state index < -0.39 is 0 Å². The first-order chi connectivity index (χ1) is 9.29. The van der Waals surface area contributed by atoms with Gasteiger partial charge in [0.25, 0.3) is 0 Å². The number of hydrogen-bond donors (Lipinski definition) is 0. The minimum atomic E-state index is -0.285. The van der Waals surface area contributed by atoms with Crippen LogP contribution in [0.3, 0.4) is 0 Å². The van der Waals surface area contributed by atoms with Gasteiger partial charge < -0.3 is 4.74 Å². The highest BCUT2D eigenvalue weighted by atomic mass is 16.5. The zero-order valence-electron chi connectivity index (χ0n) is 13.3. The molecule has 3 atom stereocenters. The highest BCUT2D eigenvalue weighted by Gasteiger charge is 2.63. The fourth-order valence-electron chi connectivity index (χ4n) is 3.94. The van der Waals surface area contributed by atoms with Gasteiger partial charge in [0.1, 0.15) is 0 Å². The summed E-state index contributed by atoms with van der Waals surface area (Å²) in [6.07, 6.45) is 4.61. The third-order valence-corrected chi connectivity index (χ3v) is 5.77. The maximum atomic E-state index is 12.7. The molecular formula is C17H26O3. The van der Waals surface area contributed by atoms with E-state index in [1.807, 2.05) is 19.9 Å². The lowest BCUT2D eigenvalue weighted by atomic mass is 9.70. The molecule has 3 heteroatoms. The van der Waals surface area contributed by atoms with E-state index in [0.29, 0.717) is 18.9 Å². The summed E-state index contributed by atoms with van der Waals surface area (Å²) in [6.45, 7) is 10.6. The molecule has 2 aliphatic carbocycles. The molecule has 2 rings (SSSR count). The van der Waals surface area contributed by atoms with E-state index in [2.05, 4.69) is 20.8 Å². The monoisotopic (exact) mass is 278 g/mol. The van der Waals surface area contributed by atoms with Crippen molar-refractivity contribution in [3.63, 3.8) is 0 Å². The molecule has 20 heavy (non-hydrogen) atoms. The second-order valence-electron chi connectivity index (χ2n) is 6.86. The van der Waals surface area contributed by atoms with Crippen molar-refractivity contribution in [3.05, 3.63) is 11.6 Å². The predicted molar refractivity (Wildman–Crippen MR) is 78.1 cm³/mol.